The molecule has 0 bridgehead atoms. The van der Waals surface area contributed by atoms with Gasteiger partial charge in [0.25, 0.3) is 0 Å². The minimum Gasteiger partial charge on any atom is -0.507 e. The molecular weight excluding hydrogens is 297 g/mol. The molecule has 0 aliphatic rings. The molecule has 0 aromatic heterocycles. The highest BCUT2D eigenvalue weighted by Crippen LogP contribution is 2.25. The van der Waals surface area contributed by atoms with Crippen molar-refractivity contribution in [2.24, 2.45) is 0 Å². The highest BCUT2D eigenvalue weighted by molar-refractivity contribution is 14.1. The Hall–Kier alpha value is -1.29. The molecule has 0 saturated carbocycles. The van der Waals surface area contributed by atoms with Crippen LogP contribution in [0.3, 0.4) is 0 Å². The van der Waals surface area contributed by atoms with Gasteiger partial charge in [-0.15, -0.1) is 0 Å². The van der Waals surface area contributed by atoms with Crippen LogP contribution >= 0.6 is 22.6 Å². The zero-order valence-electron chi connectivity index (χ0n) is 7.24. The summed E-state index contributed by atoms with van der Waals surface area (Å²) in [5, 5.41) is 18.0. The Labute approximate surface area is 94.2 Å². The molecule has 1 rings (SSSR count). The average molecular weight is 303 g/mol. The highest BCUT2D eigenvalue weighted by atomic mass is 127. The van der Waals surface area contributed by atoms with E-state index in [1.54, 1.807) is 0 Å². The average Bonchev–Trinajstić information content (AvgIpc) is 2.20. The Balaban J connectivity index is 3.36. The number of hydrogen-bond acceptors (Lipinski definition) is 4. The number of phenolic OH excluding ortho intramolecular Hbond substituents is 1. The van der Waals surface area contributed by atoms with Crippen molar-refractivity contribution in [2.45, 2.75) is 0 Å². The number of aromatic hydroxyl groups is 1. The van der Waals surface area contributed by atoms with Crippen LogP contribution in [0.25, 0.3) is 0 Å². The molecule has 0 saturated heterocycles. The normalized spacial score (nSPS) is 9.21. The van der Waals surface area contributed by atoms with Gasteiger partial charge in [-0.25, -0.2) is 4.79 Å². The third-order valence-corrected chi connectivity index (χ3v) is 2.72. The zero-order chi connectivity index (χ0) is 10.7. The van der Waals surface area contributed by atoms with E-state index in [0.29, 0.717) is 3.57 Å². The number of nitriles is 1. The van der Waals surface area contributed by atoms with Gasteiger partial charge in [0.15, 0.2) is 0 Å². The van der Waals surface area contributed by atoms with Crippen molar-refractivity contribution in [3.8, 4) is 11.8 Å². The summed E-state index contributed by atoms with van der Waals surface area (Å²) in [6, 6.07) is 4.53. The van der Waals surface area contributed by atoms with E-state index in [-0.39, 0.29) is 16.9 Å². The molecule has 5 heteroatoms. The maximum atomic E-state index is 11.2. The number of nitrogens with zero attached hydrogens (tertiary/aromatic N) is 1. The number of carbonyl (C=O) groups is 1. The van der Waals surface area contributed by atoms with Crippen LogP contribution in [-0.4, -0.2) is 18.2 Å². The van der Waals surface area contributed by atoms with Gasteiger partial charge in [-0.3, -0.25) is 0 Å². The van der Waals surface area contributed by atoms with E-state index < -0.39 is 5.97 Å². The molecule has 0 aliphatic heterocycles. The van der Waals surface area contributed by atoms with Crippen LogP contribution in [0, 0.1) is 14.9 Å². The van der Waals surface area contributed by atoms with Crippen LogP contribution < -0.4 is 0 Å². The smallest absolute Gasteiger partial charge is 0.339 e. The van der Waals surface area contributed by atoms with Crippen molar-refractivity contribution in [2.75, 3.05) is 7.11 Å². The SMILES string of the molecule is COC(=O)c1cc(C#N)cc(O)c1I. The second kappa shape index (κ2) is 4.28. The van der Waals surface area contributed by atoms with E-state index >= 15 is 0 Å². The Morgan fingerprint density at radius 2 is 2.29 bits per heavy atom. The summed E-state index contributed by atoms with van der Waals surface area (Å²) in [5.41, 5.74) is 0.424. The van der Waals surface area contributed by atoms with Gasteiger partial charge < -0.3 is 9.84 Å². The van der Waals surface area contributed by atoms with Gasteiger partial charge in [0.05, 0.1) is 27.9 Å². The van der Waals surface area contributed by atoms with Crippen LogP contribution in [0.4, 0.5) is 0 Å². The van der Waals surface area contributed by atoms with E-state index in [1.807, 2.05) is 28.7 Å². The molecule has 1 N–H and O–H groups in total. The molecule has 0 amide bonds. The lowest BCUT2D eigenvalue weighted by atomic mass is 10.1. The summed E-state index contributed by atoms with van der Waals surface area (Å²) in [6.45, 7) is 0. The predicted molar refractivity (Wildman–Crippen MR) is 56.9 cm³/mol. The molecule has 0 aliphatic carbocycles. The fraction of sp³-hybridized carbons (Fsp3) is 0.111. The number of phenols is 1. The molecule has 72 valence electrons. The molecule has 4 nitrogen and oxygen atoms in total. The molecule has 0 spiro atoms. The highest BCUT2D eigenvalue weighted by Gasteiger charge is 2.14. The largest absolute Gasteiger partial charge is 0.507 e. The van der Waals surface area contributed by atoms with Crippen molar-refractivity contribution in [3.05, 3.63) is 26.8 Å². The van der Waals surface area contributed by atoms with Gasteiger partial charge >= 0.3 is 5.97 Å². The fourth-order valence-electron chi connectivity index (χ4n) is 0.932. The number of esters is 1. The lowest BCUT2D eigenvalue weighted by Crippen LogP contribution is -2.04. The number of methoxy groups -OCH3 is 1. The Morgan fingerprint density at radius 1 is 1.64 bits per heavy atom. The first-order valence-electron chi connectivity index (χ1n) is 3.61. The van der Waals surface area contributed by atoms with Crippen LogP contribution in [-0.2, 0) is 4.74 Å². The van der Waals surface area contributed by atoms with Crippen LogP contribution in [0.2, 0.25) is 0 Å². The molecule has 1 aromatic carbocycles. The first-order valence-corrected chi connectivity index (χ1v) is 4.69. The lowest BCUT2D eigenvalue weighted by Gasteiger charge is -2.04. The van der Waals surface area contributed by atoms with Gasteiger partial charge in [-0.2, -0.15) is 5.26 Å². The van der Waals surface area contributed by atoms with Gasteiger partial charge in [0, 0.05) is 0 Å². The second-order valence-electron chi connectivity index (χ2n) is 2.46. The number of halogens is 1. The zero-order valence-corrected chi connectivity index (χ0v) is 9.40. The predicted octanol–water partition coefficient (Wildman–Crippen LogP) is 1.66. The third kappa shape index (κ3) is 1.96. The first-order chi connectivity index (χ1) is 6.60. The van der Waals surface area contributed by atoms with Crippen LogP contribution in [0.15, 0.2) is 12.1 Å². The van der Waals surface area contributed by atoms with E-state index in [2.05, 4.69) is 4.74 Å². The summed E-state index contributed by atoms with van der Waals surface area (Å²) < 4.78 is 4.89. The summed E-state index contributed by atoms with van der Waals surface area (Å²) in [7, 11) is 1.24. The van der Waals surface area contributed by atoms with Gasteiger partial charge in [-0.05, 0) is 34.7 Å². The van der Waals surface area contributed by atoms with Crippen molar-refractivity contribution < 1.29 is 14.6 Å². The van der Waals surface area contributed by atoms with Gasteiger partial charge in [-0.1, -0.05) is 0 Å². The van der Waals surface area contributed by atoms with E-state index in [0.717, 1.165) is 0 Å². The van der Waals surface area contributed by atoms with E-state index in [9.17, 15) is 9.90 Å². The summed E-state index contributed by atoms with van der Waals surface area (Å²) in [6.07, 6.45) is 0. The molecule has 14 heavy (non-hydrogen) atoms. The number of ether oxygens (including phenoxy) is 1. The summed E-state index contributed by atoms with van der Waals surface area (Å²) >= 11 is 1.82. The van der Waals surface area contributed by atoms with E-state index in [1.165, 1.54) is 19.2 Å². The maximum absolute atomic E-state index is 11.2. The minimum atomic E-state index is -0.568. The van der Waals surface area contributed by atoms with Gasteiger partial charge in [0.2, 0.25) is 0 Å². The lowest BCUT2D eigenvalue weighted by molar-refractivity contribution is 0.0599. The number of rotatable bonds is 1. The molecule has 0 radical (unpaired) electrons. The van der Waals surface area contributed by atoms with Crippen molar-refractivity contribution in [3.63, 3.8) is 0 Å². The standard InChI is InChI=1S/C9H6INO3/c1-14-9(13)6-2-5(4-11)3-7(12)8(6)10/h2-3,12H,1H3. The molecular formula is C9H6INO3. The molecule has 0 heterocycles. The van der Waals surface area contributed by atoms with Gasteiger partial charge in [0.1, 0.15) is 5.75 Å². The summed E-state index contributed by atoms with van der Waals surface area (Å²) in [4.78, 5) is 11.2. The van der Waals surface area contributed by atoms with Crippen molar-refractivity contribution >= 4 is 28.6 Å². The molecule has 1 aromatic rings. The fourth-order valence-corrected chi connectivity index (χ4v) is 1.46. The van der Waals surface area contributed by atoms with Crippen LogP contribution in [0.1, 0.15) is 15.9 Å². The molecule has 0 fully saturated rings. The third-order valence-electron chi connectivity index (χ3n) is 1.59. The monoisotopic (exact) mass is 303 g/mol. The van der Waals surface area contributed by atoms with Crippen molar-refractivity contribution in [1.29, 1.82) is 5.26 Å². The number of benzene rings is 1. The number of hydrogen-bond donors (Lipinski definition) is 1. The Kier molecular flexibility index (Phi) is 3.30. The maximum Gasteiger partial charge on any atom is 0.339 e. The Bertz CT molecular complexity index is 423. The minimum absolute atomic E-state index is 0.0925. The molecule has 0 unspecified atom stereocenters. The topological polar surface area (TPSA) is 70.3 Å². The van der Waals surface area contributed by atoms with Crippen LogP contribution in [0.5, 0.6) is 5.75 Å². The quantitative estimate of drug-likeness (QED) is 0.632. The molecule has 0 atom stereocenters. The Morgan fingerprint density at radius 3 is 2.79 bits per heavy atom. The first kappa shape index (κ1) is 10.8. The second-order valence-corrected chi connectivity index (χ2v) is 3.54. The summed E-state index contributed by atoms with van der Waals surface area (Å²) in [5.74, 6) is -0.660. The number of carbonyl (C=O) groups excluding carboxylic acids is 1. The van der Waals surface area contributed by atoms with E-state index in [4.69, 9.17) is 5.26 Å². The van der Waals surface area contributed by atoms with Crippen molar-refractivity contribution in [1.82, 2.24) is 0 Å².